The van der Waals surface area contributed by atoms with Crippen LogP contribution in [-0.4, -0.2) is 0 Å². The third-order valence-electron chi connectivity index (χ3n) is 1.08. The predicted molar refractivity (Wildman–Crippen MR) is 51.6 cm³/mol. The molecule has 0 fully saturated rings. The molecular weight excluding hydrogens is 237 g/mol. The largest absolute Gasteiger partial charge is 0.314 e. The molecule has 0 spiro atoms. The van der Waals surface area contributed by atoms with E-state index in [0.29, 0.717) is 0 Å². The van der Waals surface area contributed by atoms with E-state index in [1.807, 2.05) is 24.3 Å². The van der Waals surface area contributed by atoms with Crippen LogP contribution in [0.2, 0.25) is 0 Å². The van der Waals surface area contributed by atoms with Gasteiger partial charge in [0.05, 0.1) is 5.69 Å². The van der Waals surface area contributed by atoms with E-state index in [1.165, 1.54) is 0 Å². The van der Waals surface area contributed by atoms with E-state index in [-0.39, 0.29) is 0 Å². The minimum absolute atomic E-state index is 0.991. The van der Waals surface area contributed by atoms with Crippen LogP contribution in [0.5, 0.6) is 0 Å². The molecule has 10 heavy (non-hydrogen) atoms. The number of hydrogen-bond donors (Lipinski definition) is 1. The van der Waals surface area contributed by atoms with Gasteiger partial charge in [-0.2, -0.15) is 0 Å². The SMILES string of the molecule is C#CNc1ccccc1I. The average molecular weight is 243 g/mol. The van der Waals surface area contributed by atoms with E-state index in [0.717, 1.165) is 9.26 Å². The minimum Gasteiger partial charge on any atom is -0.314 e. The molecule has 0 bridgehead atoms. The highest BCUT2D eigenvalue weighted by Crippen LogP contribution is 2.15. The summed E-state index contributed by atoms with van der Waals surface area (Å²) in [5, 5.41) is 2.80. The molecule has 0 aliphatic heterocycles. The number of hydrogen-bond acceptors (Lipinski definition) is 1. The summed E-state index contributed by atoms with van der Waals surface area (Å²) in [5.74, 6) is 0. The summed E-state index contributed by atoms with van der Waals surface area (Å²) in [6.45, 7) is 0. The van der Waals surface area contributed by atoms with E-state index in [1.54, 1.807) is 0 Å². The summed E-state index contributed by atoms with van der Waals surface area (Å²) < 4.78 is 1.14. The van der Waals surface area contributed by atoms with Gasteiger partial charge in [0.2, 0.25) is 0 Å². The molecule has 0 saturated heterocycles. The summed E-state index contributed by atoms with van der Waals surface area (Å²) >= 11 is 2.23. The Kier molecular flexibility index (Phi) is 2.57. The zero-order valence-electron chi connectivity index (χ0n) is 5.26. The van der Waals surface area contributed by atoms with E-state index < -0.39 is 0 Å². The van der Waals surface area contributed by atoms with Gasteiger partial charge in [-0.25, -0.2) is 0 Å². The van der Waals surface area contributed by atoms with Gasteiger partial charge in [-0.15, -0.1) is 0 Å². The molecule has 0 radical (unpaired) electrons. The molecule has 1 rings (SSSR count). The van der Waals surface area contributed by atoms with Crippen molar-refractivity contribution < 1.29 is 0 Å². The van der Waals surface area contributed by atoms with Crippen LogP contribution in [0, 0.1) is 16.0 Å². The number of para-hydroxylation sites is 1. The van der Waals surface area contributed by atoms with Crippen molar-refractivity contribution in [1.29, 1.82) is 0 Å². The van der Waals surface area contributed by atoms with Crippen LogP contribution < -0.4 is 5.32 Å². The summed E-state index contributed by atoms with van der Waals surface area (Å²) in [5.41, 5.74) is 0.991. The van der Waals surface area contributed by atoms with Crippen LogP contribution in [-0.2, 0) is 0 Å². The maximum absolute atomic E-state index is 5.06. The van der Waals surface area contributed by atoms with Gasteiger partial charge in [0, 0.05) is 9.61 Å². The van der Waals surface area contributed by atoms with Gasteiger partial charge < -0.3 is 5.32 Å². The quantitative estimate of drug-likeness (QED) is 0.453. The molecule has 0 saturated carbocycles. The monoisotopic (exact) mass is 243 g/mol. The fourth-order valence-electron chi connectivity index (χ4n) is 0.640. The van der Waals surface area contributed by atoms with E-state index in [9.17, 15) is 0 Å². The highest BCUT2D eigenvalue weighted by molar-refractivity contribution is 14.1. The first kappa shape index (κ1) is 7.42. The number of nitrogens with one attached hydrogen (secondary N) is 1. The molecule has 1 aromatic carbocycles. The maximum Gasteiger partial charge on any atom is 0.0592 e. The molecule has 0 aliphatic rings. The summed E-state index contributed by atoms with van der Waals surface area (Å²) in [6, 6.07) is 10.2. The number of terminal acetylenes is 1. The third kappa shape index (κ3) is 1.64. The molecule has 0 aliphatic carbocycles. The van der Waals surface area contributed by atoms with Crippen molar-refractivity contribution in [3.63, 3.8) is 0 Å². The van der Waals surface area contributed by atoms with Crippen molar-refractivity contribution in [1.82, 2.24) is 0 Å². The summed E-state index contributed by atoms with van der Waals surface area (Å²) in [6.07, 6.45) is 5.06. The Balaban J connectivity index is 2.94. The summed E-state index contributed by atoms with van der Waals surface area (Å²) in [4.78, 5) is 0. The Morgan fingerprint density at radius 3 is 2.70 bits per heavy atom. The van der Waals surface area contributed by atoms with Crippen molar-refractivity contribution in [2.24, 2.45) is 0 Å². The molecular formula is C8H6IN. The molecule has 0 unspecified atom stereocenters. The van der Waals surface area contributed by atoms with Crippen molar-refractivity contribution in [2.45, 2.75) is 0 Å². The first-order valence-electron chi connectivity index (χ1n) is 2.81. The van der Waals surface area contributed by atoms with Crippen LogP contribution in [0.3, 0.4) is 0 Å². The van der Waals surface area contributed by atoms with Crippen LogP contribution in [0.1, 0.15) is 0 Å². The molecule has 0 aromatic heterocycles. The first-order chi connectivity index (χ1) is 4.84. The lowest BCUT2D eigenvalue weighted by atomic mass is 10.3. The fourth-order valence-corrected chi connectivity index (χ4v) is 1.16. The van der Waals surface area contributed by atoms with Crippen LogP contribution in [0.4, 0.5) is 5.69 Å². The van der Waals surface area contributed by atoms with Crippen molar-refractivity contribution >= 4 is 28.3 Å². The second-order valence-corrected chi connectivity index (χ2v) is 2.91. The van der Waals surface area contributed by atoms with Crippen molar-refractivity contribution in [3.8, 4) is 12.5 Å². The second kappa shape index (κ2) is 3.47. The topological polar surface area (TPSA) is 12.0 Å². The molecule has 1 aromatic rings. The Hall–Kier alpha value is -0.690. The van der Waals surface area contributed by atoms with Crippen LogP contribution >= 0.6 is 22.6 Å². The minimum atomic E-state index is 0.991. The zero-order valence-corrected chi connectivity index (χ0v) is 7.42. The normalized spacial score (nSPS) is 8.40. The Bertz CT molecular complexity index is 262. The molecule has 0 heterocycles. The molecule has 1 N–H and O–H groups in total. The van der Waals surface area contributed by atoms with Crippen molar-refractivity contribution in [3.05, 3.63) is 27.8 Å². The molecule has 2 heteroatoms. The van der Waals surface area contributed by atoms with E-state index in [2.05, 4.69) is 34.0 Å². The Morgan fingerprint density at radius 1 is 1.40 bits per heavy atom. The smallest absolute Gasteiger partial charge is 0.0592 e. The number of anilines is 1. The van der Waals surface area contributed by atoms with Gasteiger partial charge in [0.15, 0.2) is 0 Å². The highest BCUT2D eigenvalue weighted by atomic mass is 127. The van der Waals surface area contributed by atoms with Gasteiger partial charge >= 0.3 is 0 Å². The lowest BCUT2D eigenvalue weighted by Gasteiger charge is -1.98. The Morgan fingerprint density at radius 2 is 2.10 bits per heavy atom. The molecule has 0 atom stereocenters. The third-order valence-corrected chi connectivity index (χ3v) is 2.02. The zero-order chi connectivity index (χ0) is 7.40. The molecule has 1 nitrogen and oxygen atoms in total. The first-order valence-corrected chi connectivity index (χ1v) is 3.88. The van der Waals surface area contributed by atoms with Crippen LogP contribution in [0.15, 0.2) is 24.3 Å². The van der Waals surface area contributed by atoms with Crippen LogP contribution in [0.25, 0.3) is 0 Å². The lowest BCUT2D eigenvalue weighted by molar-refractivity contribution is 1.58. The molecule has 0 amide bonds. The summed E-state index contributed by atoms with van der Waals surface area (Å²) in [7, 11) is 0. The van der Waals surface area contributed by atoms with Crippen molar-refractivity contribution in [2.75, 3.05) is 5.32 Å². The van der Waals surface area contributed by atoms with E-state index >= 15 is 0 Å². The number of benzene rings is 1. The number of rotatable bonds is 1. The van der Waals surface area contributed by atoms with Gasteiger partial charge in [0.1, 0.15) is 0 Å². The van der Waals surface area contributed by atoms with Gasteiger partial charge in [0.25, 0.3) is 0 Å². The second-order valence-electron chi connectivity index (χ2n) is 1.75. The standard InChI is InChI=1S/C8H6IN/c1-2-10-8-6-4-3-5-7(8)9/h1,3-6,10H. The van der Waals surface area contributed by atoms with Gasteiger partial charge in [-0.05, 0) is 34.7 Å². The van der Waals surface area contributed by atoms with Gasteiger partial charge in [-0.1, -0.05) is 18.6 Å². The van der Waals surface area contributed by atoms with Gasteiger partial charge in [-0.3, -0.25) is 0 Å². The van der Waals surface area contributed by atoms with E-state index in [4.69, 9.17) is 6.42 Å². The fraction of sp³-hybridized carbons (Fsp3) is 0. The highest BCUT2D eigenvalue weighted by Gasteiger charge is 1.92. The number of halogens is 1. The Labute approximate surface area is 74.0 Å². The lowest BCUT2D eigenvalue weighted by Crippen LogP contribution is -1.88. The average Bonchev–Trinajstić information content (AvgIpc) is 1.94. The maximum atomic E-state index is 5.06. The molecule has 50 valence electrons. The predicted octanol–water partition coefficient (Wildman–Crippen LogP) is 2.29.